The predicted molar refractivity (Wildman–Crippen MR) is 131 cm³/mol. The molecule has 0 bridgehead atoms. The van der Waals surface area contributed by atoms with E-state index in [1.807, 2.05) is 30.3 Å². The Morgan fingerprint density at radius 3 is 2.62 bits per heavy atom. The van der Waals surface area contributed by atoms with Gasteiger partial charge in [0.25, 0.3) is 5.56 Å². The zero-order valence-corrected chi connectivity index (χ0v) is 20.2. The van der Waals surface area contributed by atoms with Gasteiger partial charge < -0.3 is 30.3 Å². The van der Waals surface area contributed by atoms with Crippen LogP contribution >= 0.6 is 0 Å². The summed E-state index contributed by atoms with van der Waals surface area (Å²) < 4.78 is 12.2. The second-order valence-electron chi connectivity index (χ2n) is 9.29. The molecule has 37 heavy (non-hydrogen) atoms. The van der Waals surface area contributed by atoms with Crippen molar-refractivity contribution >= 4 is 11.8 Å². The summed E-state index contributed by atoms with van der Waals surface area (Å²) >= 11 is 0. The SMILES string of the molecule is O=C(CC[C@H]1O[C@@H](n2ccc(=O)[nH]c2=O)[C@H](O)[C@@H]1O)N[C@H](Cc1ccccc1)C(=O)NCC1CCCO1. The lowest BCUT2D eigenvalue weighted by Crippen LogP contribution is -2.49. The minimum atomic E-state index is -1.44. The zero-order chi connectivity index (χ0) is 26.4. The number of aromatic amines is 1. The fraction of sp³-hybridized carbons (Fsp3) is 0.520. The number of nitrogens with zero attached hydrogens (tertiary/aromatic N) is 1. The molecule has 1 aromatic carbocycles. The second-order valence-corrected chi connectivity index (χ2v) is 9.29. The highest BCUT2D eigenvalue weighted by molar-refractivity contribution is 5.87. The van der Waals surface area contributed by atoms with E-state index >= 15 is 0 Å². The number of hydrogen-bond acceptors (Lipinski definition) is 8. The molecule has 12 nitrogen and oxygen atoms in total. The number of aliphatic hydroxyl groups excluding tert-OH is 2. The van der Waals surface area contributed by atoms with Crippen LogP contribution in [0, 0.1) is 0 Å². The largest absolute Gasteiger partial charge is 0.388 e. The molecular weight excluding hydrogens is 484 g/mol. The summed E-state index contributed by atoms with van der Waals surface area (Å²) in [5.41, 5.74) is -0.515. The molecule has 200 valence electrons. The van der Waals surface area contributed by atoms with Crippen LogP contribution in [0.2, 0.25) is 0 Å². The highest BCUT2D eigenvalue weighted by Crippen LogP contribution is 2.30. The lowest BCUT2D eigenvalue weighted by Gasteiger charge is -2.21. The van der Waals surface area contributed by atoms with Gasteiger partial charge in [0.15, 0.2) is 6.23 Å². The van der Waals surface area contributed by atoms with Gasteiger partial charge in [0.2, 0.25) is 11.8 Å². The van der Waals surface area contributed by atoms with Gasteiger partial charge >= 0.3 is 5.69 Å². The van der Waals surface area contributed by atoms with Crippen molar-refractivity contribution in [2.75, 3.05) is 13.2 Å². The number of hydrogen-bond donors (Lipinski definition) is 5. The maximum atomic E-state index is 12.9. The van der Waals surface area contributed by atoms with E-state index in [-0.39, 0.29) is 24.9 Å². The van der Waals surface area contributed by atoms with Gasteiger partial charge in [-0.05, 0) is 24.8 Å². The van der Waals surface area contributed by atoms with Crippen LogP contribution in [0.5, 0.6) is 0 Å². The molecular formula is C25H32N4O8. The number of nitrogens with one attached hydrogen (secondary N) is 3. The van der Waals surface area contributed by atoms with Crippen LogP contribution < -0.4 is 21.9 Å². The van der Waals surface area contributed by atoms with Crippen molar-refractivity contribution < 1.29 is 29.3 Å². The van der Waals surface area contributed by atoms with Gasteiger partial charge in [-0.25, -0.2) is 4.79 Å². The van der Waals surface area contributed by atoms with Crippen LogP contribution in [-0.2, 0) is 25.5 Å². The molecule has 2 saturated heterocycles. The van der Waals surface area contributed by atoms with Gasteiger partial charge in [0.05, 0.1) is 12.2 Å². The summed E-state index contributed by atoms with van der Waals surface area (Å²) in [6.07, 6.45) is -1.76. The van der Waals surface area contributed by atoms with E-state index in [0.29, 0.717) is 19.6 Å². The molecule has 2 fully saturated rings. The van der Waals surface area contributed by atoms with Crippen LogP contribution in [0.3, 0.4) is 0 Å². The topological polar surface area (TPSA) is 172 Å². The zero-order valence-electron chi connectivity index (χ0n) is 20.2. The number of carbonyl (C=O) groups is 2. The fourth-order valence-corrected chi connectivity index (χ4v) is 4.57. The summed E-state index contributed by atoms with van der Waals surface area (Å²) in [5.74, 6) is -0.749. The molecule has 2 aliphatic heterocycles. The number of H-pyrrole nitrogens is 1. The molecule has 5 N–H and O–H groups in total. The van der Waals surface area contributed by atoms with E-state index in [9.17, 15) is 29.4 Å². The molecule has 0 saturated carbocycles. The Labute approximate surface area is 212 Å². The van der Waals surface area contributed by atoms with Crippen molar-refractivity contribution in [2.24, 2.45) is 0 Å². The van der Waals surface area contributed by atoms with E-state index in [2.05, 4.69) is 15.6 Å². The van der Waals surface area contributed by atoms with Gasteiger partial charge in [0.1, 0.15) is 18.2 Å². The van der Waals surface area contributed by atoms with Crippen LogP contribution in [0.1, 0.15) is 37.5 Å². The molecule has 3 heterocycles. The molecule has 12 heteroatoms. The summed E-state index contributed by atoms with van der Waals surface area (Å²) in [6.45, 7) is 1.04. The molecule has 2 amide bonds. The first-order valence-electron chi connectivity index (χ1n) is 12.4. The number of aromatic nitrogens is 2. The van der Waals surface area contributed by atoms with E-state index in [1.54, 1.807) is 0 Å². The van der Waals surface area contributed by atoms with Crippen LogP contribution in [0.4, 0.5) is 0 Å². The second kappa shape index (κ2) is 12.3. The van der Waals surface area contributed by atoms with Crippen molar-refractivity contribution in [3.63, 3.8) is 0 Å². The molecule has 2 aliphatic rings. The molecule has 0 spiro atoms. The van der Waals surface area contributed by atoms with Gasteiger partial charge in [-0.2, -0.15) is 0 Å². The van der Waals surface area contributed by atoms with Crippen LogP contribution in [-0.4, -0.2) is 75.2 Å². The molecule has 1 unspecified atom stereocenters. The highest BCUT2D eigenvalue weighted by atomic mass is 16.6. The van der Waals surface area contributed by atoms with Crippen LogP contribution in [0.15, 0.2) is 52.2 Å². The average molecular weight is 517 g/mol. The Morgan fingerprint density at radius 1 is 1.14 bits per heavy atom. The number of rotatable bonds is 10. The van der Waals surface area contributed by atoms with Gasteiger partial charge in [-0.1, -0.05) is 30.3 Å². The Hall–Kier alpha value is -3.32. The predicted octanol–water partition coefficient (Wildman–Crippen LogP) is -1.04. The lowest BCUT2D eigenvalue weighted by atomic mass is 10.0. The van der Waals surface area contributed by atoms with Crippen molar-refractivity contribution in [3.05, 3.63) is 69.0 Å². The van der Waals surface area contributed by atoms with Gasteiger partial charge in [-0.15, -0.1) is 0 Å². The van der Waals surface area contributed by atoms with Crippen molar-refractivity contribution in [1.82, 2.24) is 20.2 Å². The summed E-state index contributed by atoms with van der Waals surface area (Å²) in [7, 11) is 0. The molecule has 2 aromatic rings. The minimum Gasteiger partial charge on any atom is -0.388 e. The number of aliphatic hydroxyl groups is 2. The maximum Gasteiger partial charge on any atom is 0.330 e. The fourth-order valence-electron chi connectivity index (χ4n) is 4.57. The van der Waals surface area contributed by atoms with Crippen LogP contribution in [0.25, 0.3) is 0 Å². The standard InChI is InChI=1S/C25H32N4O8/c30-19(9-8-18-21(32)22(33)24(37-18)29-11-10-20(31)28-25(29)35)27-17(13-15-5-2-1-3-6-15)23(34)26-14-16-7-4-12-36-16/h1-3,5-6,10-11,16-18,21-22,24,32-33H,4,7-9,12-14H2,(H,26,34)(H,27,30)(H,28,31,35)/t16?,17-,18-,21-,22-,24-/m1/s1. The van der Waals surface area contributed by atoms with Crippen molar-refractivity contribution in [3.8, 4) is 0 Å². The van der Waals surface area contributed by atoms with E-state index in [1.165, 1.54) is 6.20 Å². The normalized spacial score (nSPS) is 26.1. The van der Waals surface area contributed by atoms with E-state index in [4.69, 9.17) is 9.47 Å². The van der Waals surface area contributed by atoms with Crippen molar-refractivity contribution in [1.29, 1.82) is 0 Å². The molecule has 0 radical (unpaired) electrons. The molecule has 0 aliphatic carbocycles. The average Bonchev–Trinajstić information content (AvgIpc) is 3.50. The first-order valence-corrected chi connectivity index (χ1v) is 12.4. The third-order valence-electron chi connectivity index (χ3n) is 6.58. The number of amides is 2. The quantitative estimate of drug-likeness (QED) is 0.266. The smallest absolute Gasteiger partial charge is 0.330 e. The molecule has 4 rings (SSSR count). The Balaban J connectivity index is 1.34. The monoisotopic (exact) mass is 516 g/mol. The Morgan fingerprint density at radius 2 is 1.92 bits per heavy atom. The van der Waals surface area contributed by atoms with Gasteiger partial charge in [-0.3, -0.25) is 23.9 Å². The van der Waals surface area contributed by atoms with Crippen molar-refractivity contribution in [2.45, 2.75) is 68.8 Å². The third kappa shape index (κ3) is 6.92. The molecule has 6 atom stereocenters. The maximum absolute atomic E-state index is 12.9. The summed E-state index contributed by atoms with van der Waals surface area (Å²) in [5, 5.41) is 26.4. The van der Waals surface area contributed by atoms with E-state index in [0.717, 1.165) is 29.0 Å². The first-order chi connectivity index (χ1) is 17.8. The number of carbonyl (C=O) groups excluding carboxylic acids is 2. The first kappa shape index (κ1) is 26.7. The number of benzene rings is 1. The summed E-state index contributed by atoms with van der Waals surface area (Å²) in [6, 6.07) is 9.60. The summed E-state index contributed by atoms with van der Waals surface area (Å²) in [4.78, 5) is 51.1. The number of ether oxygens (including phenoxy) is 2. The minimum absolute atomic E-state index is 0.0349. The van der Waals surface area contributed by atoms with E-state index < -0.39 is 47.7 Å². The Kier molecular flexibility index (Phi) is 8.87. The molecule has 1 aromatic heterocycles. The lowest BCUT2D eigenvalue weighted by molar-refractivity contribution is -0.129. The third-order valence-corrected chi connectivity index (χ3v) is 6.58. The highest BCUT2D eigenvalue weighted by Gasteiger charge is 2.44. The Bertz CT molecular complexity index is 1180. The van der Waals surface area contributed by atoms with Gasteiger partial charge in [0, 0.05) is 38.3 Å².